The minimum atomic E-state index is 0.510. The lowest BCUT2D eigenvalue weighted by molar-refractivity contribution is 0.140. The minimum absolute atomic E-state index is 0.510. The van der Waals surface area contributed by atoms with Gasteiger partial charge in [0.1, 0.15) is 0 Å². The first kappa shape index (κ1) is 12.4. The number of hydrogen-bond donors (Lipinski definition) is 1. The van der Waals surface area contributed by atoms with Crippen LogP contribution in [0.1, 0.15) is 51.9 Å². The van der Waals surface area contributed by atoms with Crippen molar-refractivity contribution in [3.8, 4) is 0 Å². The van der Waals surface area contributed by atoms with Gasteiger partial charge in [-0.05, 0) is 63.5 Å². The third kappa shape index (κ3) is 2.78. The quantitative estimate of drug-likeness (QED) is 0.778. The van der Waals surface area contributed by atoms with Crippen LogP contribution in [0.15, 0.2) is 0 Å². The molecule has 0 spiro atoms. The van der Waals surface area contributed by atoms with Crippen molar-refractivity contribution in [3.63, 3.8) is 0 Å². The molecule has 0 saturated heterocycles. The van der Waals surface area contributed by atoms with Crippen LogP contribution in [0.4, 0.5) is 0 Å². The Bertz CT molecular complexity index is 215. The molecule has 2 aliphatic rings. The molecule has 0 amide bonds. The van der Waals surface area contributed by atoms with Crippen LogP contribution in [0.25, 0.3) is 0 Å². The van der Waals surface area contributed by atoms with Crippen molar-refractivity contribution in [2.24, 2.45) is 17.1 Å². The summed E-state index contributed by atoms with van der Waals surface area (Å²) < 4.78 is 0. The average molecular weight is 224 g/mol. The van der Waals surface area contributed by atoms with E-state index in [1.807, 2.05) is 0 Å². The molecule has 0 aromatic carbocycles. The SMILES string of the molecule is CCC1CCC(N(C)CC2(CN)CC2)CC1. The standard InChI is InChI=1S/C14H28N2/c1-3-12-4-6-13(7-5-12)16(2)11-14(10-15)8-9-14/h12-13H,3-11,15H2,1-2H3. The summed E-state index contributed by atoms with van der Waals surface area (Å²) in [5.41, 5.74) is 6.37. The predicted octanol–water partition coefficient (Wildman–Crippen LogP) is 2.63. The third-order valence-electron chi connectivity index (χ3n) is 4.99. The Morgan fingerprint density at radius 2 is 1.81 bits per heavy atom. The van der Waals surface area contributed by atoms with Gasteiger partial charge in [-0.3, -0.25) is 0 Å². The van der Waals surface area contributed by atoms with E-state index >= 15 is 0 Å². The van der Waals surface area contributed by atoms with Gasteiger partial charge in [0, 0.05) is 12.6 Å². The van der Waals surface area contributed by atoms with E-state index in [2.05, 4.69) is 18.9 Å². The molecule has 2 aliphatic carbocycles. The van der Waals surface area contributed by atoms with E-state index < -0.39 is 0 Å². The van der Waals surface area contributed by atoms with Gasteiger partial charge >= 0.3 is 0 Å². The predicted molar refractivity (Wildman–Crippen MR) is 69.4 cm³/mol. The molecule has 0 radical (unpaired) electrons. The number of nitrogens with two attached hydrogens (primary N) is 1. The van der Waals surface area contributed by atoms with Crippen LogP contribution in [0.2, 0.25) is 0 Å². The number of hydrogen-bond acceptors (Lipinski definition) is 2. The summed E-state index contributed by atoms with van der Waals surface area (Å²) in [7, 11) is 2.31. The maximum absolute atomic E-state index is 5.86. The van der Waals surface area contributed by atoms with Gasteiger partial charge in [-0.15, -0.1) is 0 Å². The van der Waals surface area contributed by atoms with E-state index in [1.54, 1.807) is 0 Å². The van der Waals surface area contributed by atoms with Crippen LogP contribution in [0, 0.1) is 11.3 Å². The van der Waals surface area contributed by atoms with Gasteiger partial charge in [-0.25, -0.2) is 0 Å². The molecule has 2 fully saturated rings. The maximum Gasteiger partial charge on any atom is 0.00926 e. The molecule has 94 valence electrons. The normalized spacial score (nSPS) is 33.0. The molecule has 2 saturated carbocycles. The second-order valence-corrected chi connectivity index (χ2v) is 6.20. The molecule has 0 aliphatic heterocycles. The van der Waals surface area contributed by atoms with Gasteiger partial charge in [0.15, 0.2) is 0 Å². The first-order chi connectivity index (χ1) is 7.69. The fraction of sp³-hybridized carbons (Fsp3) is 1.00. The highest BCUT2D eigenvalue weighted by molar-refractivity contribution is 4.97. The van der Waals surface area contributed by atoms with Crippen LogP contribution < -0.4 is 5.73 Å². The van der Waals surface area contributed by atoms with Gasteiger partial charge in [-0.1, -0.05) is 13.3 Å². The molecule has 0 aromatic rings. The topological polar surface area (TPSA) is 29.3 Å². The molecule has 0 aromatic heterocycles. The average Bonchev–Trinajstić information content (AvgIpc) is 3.09. The highest BCUT2D eigenvalue weighted by Gasteiger charge is 2.42. The molecule has 0 atom stereocenters. The first-order valence-corrected chi connectivity index (χ1v) is 7.09. The molecule has 0 heterocycles. The zero-order chi connectivity index (χ0) is 11.6. The zero-order valence-electron chi connectivity index (χ0n) is 11.0. The molecule has 2 N–H and O–H groups in total. The van der Waals surface area contributed by atoms with E-state index in [-0.39, 0.29) is 0 Å². The van der Waals surface area contributed by atoms with Crippen molar-refractivity contribution in [2.75, 3.05) is 20.1 Å². The summed E-state index contributed by atoms with van der Waals surface area (Å²) >= 11 is 0. The Morgan fingerprint density at radius 3 is 2.25 bits per heavy atom. The van der Waals surface area contributed by atoms with Crippen molar-refractivity contribution < 1.29 is 0 Å². The molecule has 0 bridgehead atoms. The number of rotatable bonds is 5. The fourth-order valence-electron chi connectivity index (χ4n) is 3.26. The Labute approximate surface area is 101 Å². The summed E-state index contributed by atoms with van der Waals surface area (Å²) in [6.07, 6.45) is 9.81. The molecule has 16 heavy (non-hydrogen) atoms. The Morgan fingerprint density at radius 1 is 1.19 bits per heavy atom. The second kappa shape index (κ2) is 5.05. The van der Waals surface area contributed by atoms with E-state index in [9.17, 15) is 0 Å². The Hall–Kier alpha value is -0.0800. The van der Waals surface area contributed by atoms with E-state index in [0.717, 1.165) is 18.5 Å². The molecular formula is C14H28N2. The summed E-state index contributed by atoms with van der Waals surface area (Å²) in [5.74, 6) is 1.01. The van der Waals surface area contributed by atoms with Crippen molar-refractivity contribution in [1.82, 2.24) is 4.90 Å². The Balaban J connectivity index is 1.76. The van der Waals surface area contributed by atoms with Gasteiger partial charge in [0.05, 0.1) is 0 Å². The van der Waals surface area contributed by atoms with E-state index in [1.165, 1.54) is 51.5 Å². The summed E-state index contributed by atoms with van der Waals surface area (Å²) in [6, 6.07) is 0.840. The first-order valence-electron chi connectivity index (χ1n) is 7.09. The van der Waals surface area contributed by atoms with Crippen molar-refractivity contribution >= 4 is 0 Å². The van der Waals surface area contributed by atoms with Crippen LogP contribution in [0.3, 0.4) is 0 Å². The molecule has 2 heteroatoms. The monoisotopic (exact) mass is 224 g/mol. The molecule has 2 rings (SSSR count). The minimum Gasteiger partial charge on any atom is -0.330 e. The molecular weight excluding hydrogens is 196 g/mol. The van der Waals surface area contributed by atoms with Crippen LogP contribution in [-0.2, 0) is 0 Å². The smallest absolute Gasteiger partial charge is 0.00926 e. The fourth-order valence-corrected chi connectivity index (χ4v) is 3.26. The lowest BCUT2D eigenvalue weighted by Crippen LogP contribution is -2.40. The van der Waals surface area contributed by atoms with Crippen LogP contribution >= 0.6 is 0 Å². The van der Waals surface area contributed by atoms with Crippen molar-refractivity contribution in [3.05, 3.63) is 0 Å². The largest absolute Gasteiger partial charge is 0.330 e. The van der Waals surface area contributed by atoms with Gasteiger partial charge in [-0.2, -0.15) is 0 Å². The van der Waals surface area contributed by atoms with E-state index in [4.69, 9.17) is 5.73 Å². The second-order valence-electron chi connectivity index (χ2n) is 6.20. The Kier molecular flexibility index (Phi) is 3.91. The van der Waals surface area contributed by atoms with Crippen LogP contribution in [-0.4, -0.2) is 31.1 Å². The van der Waals surface area contributed by atoms with Gasteiger partial charge in [0.25, 0.3) is 0 Å². The highest BCUT2D eigenvalue weighted by atomic mass is 15.1. The van der Waals surface area contributed by atoms with Crippen molar-refractivity contribution in [2.45, 2.75) is 57.9 Å². The maximum atomic E-state index is 5.86. The van der Waals surface area contributed by atoms with E-state index in [0.29, 0.717) is 5.41 Å². The summed E-state index contributed by atoms with van der Waals surface area (Å²) in [4.78, 5) is 2.60. The molecule has 0 unspecified atom stereocenters. The summed E-state index contributed by atoms with van der Waals surface area (Å²) in [5, 5.41) is 0. The lowest BCUT2D eigenvalue weighted by Gasteiger charge is -2.36. The zero-order valence-corrected chi connectivity index (χ0v) is 11.0. The van der Waals surface area contributed by atoms with Crippen molar-refractivity contribution in [1.29, 1.82) is 0 Å². The third-order valence-corrected chi connectivity index (χ3v) is 4.99. The van der Waals surface area contributed by atoms with Gasteiger partial charge < -0.3 is 10.6 Å². The summed E-state index contributed by atoms with van der Waals surface area (Å²) in [6.45, 7) is 4.47. The molecule has 2 nitrogen and oxygen atoms in total. The van der Waals surface area contributed by atoms with Crippen LogP contribution in [0.5, 0.6) is 0 Å². The highest BCUT2D eigenvalue weighted by Crippen LogP contribution is 2.45. The lowest BCUT2D eigenvalue weighted by atomic mass is 9.84. The van der Waals surface area contributed by atoms with Gasteiger partial charge in [0.2, 0.25) is 0 Å². The number of nitrogens with zero attached hydrogens (tertiary/aromatic N) is 1.